The van der Waals surface area contributed by atoms with E-state index in [9.17, 15) is 15.0 Å². The number of aryl methyl sites for hydroxylation is 1. The van der Waals surface area contributed by atoms with Crippen LogP contribution in [0.1, 0.15) is 15.9 Å². The molecule has 3 rings (SSSR count). The Morgan fingerprint density at radius 3 is 2.71 bits per heavy atom. The maximum atomic E-state index is 12.2. The van der Waals surface area contributed by atoms with Gasteiger partial charge in [0.2, 0.25) is 0 Å². The van der Waals surface area contributed by atoms with Crippen molar-refractivity contribution in [3.05, 3.63) is 59.9 Å². The number of carbonyl (C=O) groups excluding carboxylic acids is 1. The Hall–Kier alpha value is -2.80. The van der Waals surface area contributed by atoms with E-state index in [-0.39, 0.29) is 23.0 Å². The molecule has 7 heteroatoms. The SMILES string of the molecule is Cc1ccccc1-n1cnnc1SCC(=O)c1ccc(O)c(O)c1. The number of Topliss-reactive ketones (excluding diaryl/α,β-unsaturated/α-hetero) is 1. The summed E-state index contributed by atoms with van der Waals surface area (Å²) in [7, 11) is 0. The van der Waals surface area contributed by atoms with Crippen LogP contribution in [0.2, 0.25) is 0 Å². The summed E-state index contributed by atoms with van der Waals surface area (Å²) in [6.07, 6.45) is 1.61. The quantitative estimate of drug-likeness (QED) is 0.421. The Labute approximate surface area is 142 Å². The fraction of sp³-hybridized carbons (Fsp3) is 0.118. The van der Waals surface area contributed by atoms with Gasteiger partial charge in [-0.3, -0.25) is 9.36 Å². The Kier molecular flexibility index (Phi) is 4.52. The Morgan fingerprint density at radius 1 is 1.17 bits per heavy atom. The Balaban J connectivity index is 1.76. The molecule has 0 bridgehead atoms. The number of nitrogens with zero attached hydrogens (tertiary/aromatic N) is 3. The molecule has 1 aromatic heterocycles. The highest BCUT2D eigenvalue weighted by Gasteiger charge is 2.13. The van der Waals surface area contributed by atoms with Gasteiger partial charge in [-0.05, 0) is 36.8 Å². The molecule has 2 aromatic carbocycles. The number of carbonyl (C=O) groups is 1. The van der Waals surface area contributed by atoms with Gasteiger partial charge in [0.15, 0.2) is 22.4 Å². The molecule has 2 N–H and O–H groups in total. The van der Waals surface area contributed by atoms with E-state index in [1.54, 1.807) is 6.33 Å². The van der Waals surface area contributed by atoms with Gasteiger partial charge in [-0.1, -0.05) is 30.0 Å². The molecule has 3 aromatic rings. The van der Waals surface area contributed by atoms with Crippen molar-refractivity contribution in [2.24, 2.45) is 0 Å². The summed E-state index contributed by atoms with van der Waals surface area (Å²) in [5.74, 6) is -0.587. The zero-order valence-corrected chi connectivity index (χ0v) is 13.7. The first kappa shape index (κ1) is 16.1. The molecule has 0 radical (unpaired) electrons. The third-order valence-corrected chi connectivity index (χ3v) is 4.46. The first-order chi connectivity index (χ1) is 11.6. The van der Waals surface area contributed by atoms with E-state index in [1.807, 2.05) is 35.8 Å². The van der Waals surface area contributed by atoms with Crippen LogP contribution in [-0.2, 0) is 0 Å². The van der Waals surface area contributed by atoms with Gasteiger partial charge in [-0.25, -0.2) is 0 Å². The van der Waals surface area contributed by atoms with E-state index in [2.05, 4.69) is 10.2 Å². The maximum absolute atomic E-state index is 12.2. The molecule has 0 atom stereocenters. The van der Waals surface area contributed by atoms with Crippen molar-refractivity contribution in [2.75, 3.05) is 5.75 Å². The van der Waals surface area contributed by atoms with Gasteiger partial charge >= 0.3 is 0 Å². The standard InChI is InChI=1S/C17H15N3O3S/c1-11-4-2-3-5-13(11)20-10-18-19-17(20)24-9-16(23)12-6-7-14(21)15(22)8-12/h2-8,10,21-22H,9H2,1H3. The molecule has 0 aliphatic heterocycles. The van der Waals surface area contributed by atoms with E-state index in [1.165, 1.54) is 30.0 Å². The van der Waals surface area contributed by atoms with E-state index >= 15 is 0 Å². The van der Waals surface area contributed by atoms with E-state index in [0.717, 1.165) is 11.3 Å². The fourth-order valence-corrected chi connectivity index (χ4v) is 3.05. The molecule has 0 unspecified atom stereocenters. The average molecular weight is 341 g/mol. The second-order valence-corrected chi connectivity index (χ2v) is 6.13. The number of aromatic hydroxyl groups is 2. The Morgan fingerprint density at radius 2 is 1.96 bits per heavy atom. The van der Waals surface area contributed by atoms with Crippen molar-refractivity contribution in [3.63, 3.8) is 0 Å². The zero-order chi connectivity index (χ0) is 17.1. The minimum absolute atomic E-state index is 0.148. The molecule has 0 aliphatic rings. The highest BCUT2D eigenvalue weighted by molar-refractivity contribution is 7.99. The summed E-state index contributed by atoms with van der Waals surface area (Å²) >= 11 is 1.27. The summed E-state index contributed by atoms with van der Waals surface area (Å²) in [4.78, 5) is 12.2. The van der Waals surface area contributed by atoms with Crippen LogP contribution in [0.25, 0.3) is 5.69 Å². The lowest BCUT2D eigenvalue weighted by Gasteiger charge is -2.09. The molecule has 0 spiro atoms. The summed E-state index contributed by atoms with van der Waals surface area (Å²) in [5.41, 5.74) is 2.37. The van der Waals surface area contributed by atoms with E-state index in [4.69, 9.17) is 0 Å². The van der Waals surface area contributed by atoms with Crippen LogP contribution in [0.3, 0.4) is 0 Å². The van der Waals surface area contributed by atoms with Gasteiger partial charge in [-0.2, -0.15) is 0 Å². The lowest BCUT2D eigenvalue weighted by atomic mass is 10.1. The van der Waals surface area contributed by atoms with Gasteiger partial charge in [0.1, 0.15) is 6.33 Å². The number of hydrogen-bond donors (Lipinski definition) is 2. The van der Waals surface area contributed by atoms with Crippen molar-refractivity contribution in [2.45, 2.75) is 12.1 Å². The van der Waals surface area contributed by atoms with Crippen LogP contribution >= 0.6 is 11.8 Å². The maximum Gasteiger partial charge on any atom is 0.196 e. The average Bonchev–Trinajstić information content (AvgIpc) is 3.04. The number of phenols is 2. The minimum atomic E-state index is -0.311. The van der Waals surface area contributed by atoms with Gasteiger partial charge in [0.05, 0.1) is 11.4 Å². The first-order valence-electron chi connectivity index (χ1n) is 7.20. The number of thioether (sulfide) groups is 1. The third-order valence-electron chi connectivity index (χ3n) is 3.52. The molecule has 0 fully saturated rings. The Bertz CT molecular complexity index is 892. The molecular weight excluding hydrogens is 326 g/mol. The number of aromatic nitrogens is 3. The summed E-state index contributed by atoms with van der Waals surface area (Å²) in [5, 5.41) is 27.4. The van der Waals surface area contributed by atoms with Gasteiger partial charge in [0, 0.05) is 5.56 Å². The van der Waals surface area contributed by atoms with Crippen LogP contribution in [0.5, 0.6) is 11.5 Å². The monoisotopic (exact) mass is 341 g/mol. The number of para-hydroxylation sites is 1. The fourth-order valence-electron chi connectivity index (χ4n) is 2.23. The van der Waals surface area contributed by atoms with Crippen molar-refractivity contribution >= 4 is 17.5 Å². The van der Waals surface area contributed by atoms with Crippen LogP contribution in [-0.4, -0.2) is 36.5 Å². The number of benzene rings is 2. The van der Waals surface area contributed by atoms with Crippen LogP contribution < -0.4 is 0 Å². The molecule has 6 nitrogen and oxygen atoms in total. The molecule has 122 valence electrons. The van der Waals surface area contributed by atoms with Gasteiger partial charge < -0.3 is 10.2 Å². The lowest BCUT2D eigenvalue weighted by molar-refractivity contribution is 0.102. The smallest absolute Gasteiger partial charge is 0.196 e. The highest BCUT2D eigenvalue weighted by atomic mass is 32.2. The zero-order valence-electron chi connectivity index (χ0n) is 12.9. The van der Waals surface area contributed by atoms with Crippen LogP contribution in [0.4, 0.5) is 0 Å². The molecular formula is C17H15N3O3S. The lowest BCUT2D eigenvalue weighted by Crippen LogP contribution is -2.04. The second kappa shape index (κ2) is 6.76. The molecule has 0 saturated carbocycles. The summed E-state index contributed by atoms with van der Waals surface area (Å²) in [6, 6.07) is 11.9. The molecule has 0 saturated heterocycles. The van der Waals surface area contributed by atoms with E-state index in [0.29, 0.717) is 10.7 Å². The molecule has 1 heterocycles. The number of rotatable bonds is 5. The molecule has 0 aliphatic carbocycles. The number of ketones is 1. The van der Waals surface area contributed by atoms with Crippen LogP contribution in [0, 0.1) is 6.92 Å². The molecule has 0 amide bonds. The predicted molar refractivity (Wildman–Crippen MR) is 90.9 cm³/mol. The second-order valence-electron chi connectivity index (χ2n) is 5.19. The van der Waals surface area contributed by atoms with E-state index < -0.39 is 0 Å². The summed E-state index contributed by atoms with van der Waals surface area (Å²) in [6.45, 7) is 1.99. The van der Waals surface area contributed by atoms with Gasteiger partial charge in [-0.15, -0.1) is 10.2 Å². The topological polar surface area (TPSA) is 88.2 Å². The van der Waals surface area contributed by atoms with Crippen LogP contribution in [0.15, 0.2) is 53.9 Å². The largest absolute Gasteiger partial charge is 0.504 e. The van der Waals surface area contributed by atoms with Crippen molar-refractivity contribution in [1.29, 1.82) is 0 Å². The highest BCUT2D eigenvalue weighted by Crippen LogP contribution is 2.27. The third kappa shape index (κ3) is 3.26. The predicted octanol–water partition coefficient (Wildman–Crippen LogP) is 2.96. The van der Waals surface area contributed by atoms with Crippen molar-refractivity contribution < 1.29 is 15.0 Å². The first-order valence-corrected chi connectivity index (χ1v) is 8.19. The number of phenolic OH excluding ortho intramolecular Hbond substituents is 2. The van der Waals surface area contributed by atoms with Crippen molar-refractivity contribution in [1.82, 2.24) is 14.8 Å². The molecule has 24 heavy (non-hydrogen) atoms. The number of hydrogen-bond acceptors (Lipinski definition) is 6. The van der Waals surface area contributed by atoms with Gasteiger partial charge in [0.25, 0.3) is 0 Å². The normalized spacial score (nSPS) is 10.7. The minimum Gasteiger partial charge on any atom is -0.504 e. The summed E-state index contributed by atoms with van der Waals surface area (Å²) < 4.78 is 1.83. The van der Waals surface area contributed by atoms with Crippen molar-refractivity contribution in [3.8, 4) is 17.2 Å².